The highest BCUT2D eigenvalue weighted by Crippen LogP contribution is 2.27. The van der Waals surface area contributed by atoms with E-state index in [2.05, 4.69) is 9.88 Å². The van der Waals surface area contributed by atoms with Gasteiger partial charge in [0.15, 0.2) is 11.3 Å². The van der Waals surface area contributed by atoms with Crippen molar-refractivity contribution in [2.45, 2.75) is 11.0 Å². The van der Waals surface area contributed by atoms with E-state index in [4.69, 9.17) is 20.4 Å². The summed E-state index contributed by atoms with van der Waals surface area (Å²) in [6, 6.07) is 19.0. The molecule has 4 aromatic rings. The molecule has 2 aromatic carbocycles. The largest absolute Gasteiger partial charge is 0.455 e. The molecular formula is C23H20ClN3O3S. The first kappa shape index (κ1) is 20.0. The third-order valence-electron chi connectivity index (χ3n) is 5.22. The van der Waals surface area contributed by atoms with Crippen LogP contribution in [0.5, 0.6) is 0 Å². The lowest BCUT2D eigenvalue weighted by Gasteiger charge is -2.35. The summed E-state index contributed by atoms with van der Waals surface area (Å²) in [5.74, 6) is 1.55. The maximum Gasteiger partial charge on any atom is 0.289 e. The fraction of sp³-hybridized carbons (Fsp3) is 0.217. The van der Waals surface area contributed by atoms with Crippen molar-refractivity contribution >= 4 is 46.1 Å². The minimum absolute atomic E-state index is 0.0798. The number of furan rings is 1. The van der Waals surface area contributed by atoms with Crippen LogP contribution in [0.25, 0.3) is 11.1 Å². The average molecular weight is 454 g/mol. The topological polar surface area (TPSA) is 62.7 Å². The van der Waals surface area contributed by atoms with Crippen LogP contribution in [0, 0.1) is 0 Å². The Morgan fingerprint density at radius 2 is 1.84 bits per heavy atom. The number of hydrogen-bond donors (Lipinski definition) is 0. The van der Waals surface area contributed by atoms with E-state index >= 15 is 0 Å². The number of carbonyl (C=O) groups excluding carboxylic acids is 1. The van der Waals surface area contributed by atoms with E-state index < -0.39 is 0 Å². The molecule has 0 N–H and O–H groups in total. The van der Waals surface area contributed by atoms with Crippen molar-refractivity contribution in [3.05, 3.63) is 77.2 Å². The van der Waals surface area contributed by atoms with Crippen molar-refractivity contribution in [3.63, 3.8) is 0 Å². The number of aromatic nitrogens is 1. The van der Waals surface area contributed by atoms with Gasteiger partial charge in [-0.3, -0.25) is 4.79 Å². The van der Waals surface area contributed by atoms with Gasteiger partial charge in [0, 0.05) is 36.9 Å². The molecule has 1 amide bonds. The quantitative estimate of drug-likeness (QED) is 0.380. The van der Waals surface area contributed by atoms with Crippen molar-refractivity contribution in [1.29, 1.82) is 0 Å². The Hall–Kier alpha value is -2.90. The number of oxazole rings is 1. The molecule has 0 bridgehead atoms. The summed E-state index contributed by atoms with van der Waals surface area (Å²) in [7, 11) is 0. The number of nitrogens with zero attached hydrogens (tertiary/aromatic N) is 3. The smallest absolute Gasteiger partial charge is 0.289 e. The molecule has 0 spiro atoms. The minimum atomic E-state index is -0.0798. The molecule has 0 aliphatic carbocycles. The number of benzene rings is 2. The highest BCUT2D eigenvalue weighted by atomic mass is 35.5. The van der Waals surface area contributed by atoms with Gasteiger partial charge in [0.25, 0.3) is 11.1 Å². The minimum Gasteiger partial charge on any atom is -0.455 e. The van der Waals surface area contributed by atoms with Crippen molar-refractivity contribution in [1.82, 2.24) is 9.88 Å². The van der Waals surface area contributed by atoms with Crippen molar-refractivity contribution in [2.75, 3.05) is 31.1 Å². The van der Waals surface area contributed by atoms with E-state index in [1.54, 1.807) is 6.07 Å². The molecule has 0 saturated carbocycles. The lowest BCUT2D eigenvalue weighted by atomic mass is 10.2. The maximum absolute atomic E-state index is 12.9. The van der Waals surface area contributed by atoms with Crippen LogP contribution in [0.4, 0.5) is 5.69 Å². The van der Waals surface area contributed by atoms with E-state index in [0.717, 1.165) is 34.9 Å². The van der Waals surface area contributed by atoms with Crippen LogP contribution in [0.2, 0.25) is 5.02 Å². The van der Waals surface area contributed by atoms with Gasteiger partial charge < -0.3 is 18.6 Å². The van der Waals surface area contributed by atoms with Crippen LogP contribution in [0.3, 0.4) is 0 Å². The van der Waals surface area contributed by atoms with Gasteiger partial charge in [-0.05, 0) is 42.5 Å². The number of piperazine rings is 1. The highest BCUT2D eigenvalue weighted by Gasteiger charge is 2.24. The number of halogens is 1. The highest BCUT2D eigenvalue weighted by molar-refractivity contribution is 7.98. The van der Waals surface area contributed by atoms with Gasteiger partial charge >= 0.3 is 0 Å². The number of para-hydroxylation sites is 2. The molecule has 1 saturated heterocycles. The van der Waals surface area contributed by atoms with Gasteiger partial charge in [-0.25, -0.2) is 4.98 Å². The van der Waals surface area contributed by atoms with Gasteiger partial charge in [0.1, 0.15) is 11.3 Å². The Morgan fingerprint density at radius 3 is 2.65 bits per heavy atom. The van der Waals surface area contributed by atoms with E-state index in [1.165, 1.54) is 11.8 Å². The Kier molecular flexibility index (Phi) is 5.61. The fourth-order valence-electron chi connectivity index (χ4n) is 3.61. The summed E-state index contributed by atoms with van der Waals surface area (Å²) in [6.07, 6.45) is 0. The zero-order chi connectivity index (χ0) is 21.2. The number of hydrogen-bond acceptors (Lipinski definition) is 6. The molecule has 0 atom stereocenters. The molecule has 5 rings (SSSR count). The van der Waals surface area contributed by atoms with Gasteiger partial charge in [0.2, 0.25) is 0 Å². The second-order valence-corrected chi connectivity index (χ2v) is 8.62. The Balaban J connectivity index is 1.17. The maximum atomic E-state index is 12.9. The molecule has 158 valence electrons. The van der Waals surface area contributed by atoms with Crippen LogP contribution in [0.1, 0.15) is 16.3 Å². The van der Waals surface area contributed by atoms with Crippen LogP contribution < -0.4 is 4.90 Å². The lowest BCUT2D eigenvalue weighted by Crippen LogP contribution is -2.48. The van der Waals surface area contributed by atoms with Crippen LogP contribution in [-0.2, 0) is 5.75 Å². The molecule has 1 fully saturated rings. The van der Waals surface area contributed by atoms with Gasteiger partial charge in [-0.15, -0.1) is 0 Å². The third kappa shape index (κ3) is 4.43. The molecule has 1 aliphatic rings. The summed E-state index contributed by atoms with van der Waals surface area (Å²) in [4.78, 5) is 21.4. The number of amides is 1. The molecule has 1 aliphatic heterocycles. The summed E-state index contributed by atoms with van der Waals surface area (Å²) in [6.45, 7) is 2.79. The first-order valence-corrected chi connectivity index (χ1v) is 11.4. The van der Waals surface area contributed by atoms with Crippen molar-refractivity contribution in [2.24, 2.45) is 0 Å². The first-order valence-electron chi connectivity index (χ1n) is 10.0. The summed E-state index contributed by atoms with van der Waals surface area (Å²) in [5.41, 5.74) is 2.67. The third-order valence-corrected chi connectivity index (χ3v) is 6.31. The standard InChI is InChI=1S/C23H20ClN3O3S/c24-16-4-3-5-17(14-16)26-10-12-27(13-11-26)22(28)21-9-8-18(29-21)15-31-23-25-19-6-1-2-7-20(19)30-23/h1-9,14H,10-13,15H2. The van der Waals surface area contributed by atoms with Crippen molar-refractivity contribution < 1.29 is 13.6 Å². The number of fused-ring (bicyclic) bond motifs is 1. The van der Waals surface area contributed by atoms with Crippen molar-refractivity contribution in [3.8, 4) is 0 Å². The zero-order valence-corrected chi connectivity index (χ0v) is 18.2. The van der Waals surface area contributed by atoms with Crippen LogP contribution in [-0.4, -0.2) is 42.0 Å². The predicted octanol–water partition coefficient (Wildman–Crippen LogP) is 5.33. The normalized spacial score (nSPS) is 14.4. The molecule has 6 nitrogen and oxygen atoms in total. The van der Waals surface area contributed by atoms with Crippen LogP contribution >= 0.6 is 23.4 Å². The second-order valence-electron chi connectivity index (χ2n) is 7.26. The van der Waals surface area contributed by atoms with E-state index in [-0.39, 0.29) is 5.91 Å². The number of anilines is 1. The summed E-state index contributed by atoms with van der Waals surface area (Å²) >= 11 is 7.54. The molecule has 3 heterocycles. The summed E-state index contributed by atoms with van der Waals surface area (Å²) < 4.78 is 11.5. The van der Waals surface area contributed by atoms with E-state index in [1.807, 2.05) is 59.5 Å². The lowest BCUT2D eigenvalue weighted by molar-refractivity contribution is 0.0713. The first-order chi connectivity index (χ1) is 15.2. The Bertz CT molecular complexity index is 1180. The Labute approximate surface area is 188 Å². The predicted molar refractivity (Wildman–Crippen MR) is 122 cm³/mol. The number of rotatable bonds is 5. The molecule has 8 heteroatoms. The molecule has 2 aromatic heterocycles. The average Bonchev–Trinajstić information content (AvgIpc) is 3.44. The SMILES string of the molecule is O=C(c1ccc(CSc2nc3ccccc3o2)o1)N1CCN(c2cccc(Cl)c2)CC1. The van der Waals surface area contributed by atoms with Crippen LogP contribution in [0.15, 0.2) is 74.7 Å². The second kappa shape index (κ2) is 8.69. The molecule has 31 heavy (non-hydrogen) atoms. The summed E-state index contributed by atoms with van der Waals surface area (Å²) in [5, 5.41) is 1.30. The van der Waals surface area contributed by atoms with E-state index in [0.29, 0.717) is 35.6 Å². The van der Waals surface area contributed by atoms with Gasteiger partial charge in [0.05, 0.1) is 5.75 Å². The Morgan fingerprint density at radius 1 is 1.00 bits per heavy atom. The van der Waals surface area contributed by atoms with E-state index in [9.17, 15) is 4.79 Å². The van der Waals surface area contributed by atoms with Gasteiger partial charge in [-0.2, -0.15) is 0 Å². The van der Waals surface area contributed by atoms with Gasteiger partial charge in [-0.1, -0.05) is 41.6 Å². The molecule has 0 radical (unpaired) electrons. The molecular weight excluding hydrogens is 434 g/mol. The number of thioether (sulfide) groups is 1. The fourth-order valence-corrected chi connectivity index (χ4v) is 4.53. The zero-order valence-electron chi connectivity index (χ0n) is 16.7. The molecule has 0 unspecified atom stereocenters. The number of carbonyl (C=O) groups is 1. The monoisotopic (exact) mass is 453 g/mol.